The van der Waals surface area contributed by atoms with E-state index in [0.29, 0.717) is 12.6 Å². The smallest absolute Gasteiger partial charge is 0.158 e. The number of aromatic nitrogens is 3. The van der Waals surface area contributed by atoms with Crippen molar-refractivity contribution < 1.29 is 9.47 Å². The van der Waals surface area contributed by atoms with Crippen LogP contribution in [0.25, 0.3) is 16.5 Å². The molecule has 0 unspecified atom stereocenters. The number of benzene rings is 1. The molecule has 0 amide bonds. The third kappa shape index (κ3) is 2.85. The van der Waals surface area contributed by atoms with Crippen molar-refractivity contribution >= 4 is 16.6 Å². The molecule has 0 saturated heterocycles. The highest BCUT2D eigenvalue weighted by Gasteiger charge is 2.24. The quantitative estimate of drug-likeness (QED) is 0.726. The molecule has 0 spiro atoms. The molecule has 0 atom stereocenters. The zero-order valence-corrected chi connectivity index (χ0v) is 15.7. The summed E-state index contributed by atoms with van der Waals surface area (Å²) in [6.07, 6.45) is 4.52. The summed E-state index contributed by atoms with van der Waals surface area (Å²) in [5.41, 5.74) is 3.03. The third-order valence-electron chi connectivity index (χ3n) is 4.81. The van der Waals surface area contributed by atoms with Crippen LogP contribution < -0.4 is 14.8 Å². The van der Waals surface area contributed by atoms with Crippen LogP contribution in [-0.2, 0) is 0 Å². The van der Waals surface area contributed by atoms with Crippen LogP contribution >= 0.6 is 0 Å². The van der Waals surface area contributed by atoms with Gasteiger partial charge in [-0.05, 0) is 45.7 Å². The lowest BCUT2D eigenvalue weighted by atomic mass is 10.2. The summed E-state index contributed by atoms with van der Waals surface area (Å²) < 4.78 is 13.4. The summed E-state index contributed by atoms with van der Waals surface area (Å²) in [5.74, 6) is 2.44. The van der Waals surface area contributed by atoms with Crippen LogP contribution in [0.3, 0.4) is 0 Å². The van der Waals surface area contributed by atoms with E-state index in [1.54, 1.807) is 7.11 Å². The average molecular weight is 352 g/mol. The predicted molar refractivity (Wildman–Crippen MR) is 103 cm³/mol. The minimum atomic E-state index is 0.527. The molecule has 0 aliphatic heterocycles. The summed E-state index contributed by atoms with van der Waals surface area (Å²) in [7, 11) is 1.68. The van der Waals surface area contributed by atoms with E-state index in [1.807, 2.05) is 32.0 Å². The number of nitrogens with one attached hydrogen (secondary N) is 1. The van der Waals surface area contributed by atoms with Crippen LogP contribution in [0.5, 0.6) is 11.5 Å². The molecule has 1 fully saturated rings. The molecule has 1 aliphatic rings. The molecule has 3 aromatic rings. The van der Waals surface area contributed by atoms with E-state index in [-0.39, 0.29) is 0 Å². The first-order chi connectivity index (χ1) is 12.6. The van der Waals surface area contributed by atoms with Gasteiger partial charge >= 0.3 is 0 Å². The van der Waals surface area contributed by atoms with Gasteiger partial charge in [-0.25, -0.2) is 0 Å². The van der Waals surface area contributed by atoms with Crippen molar-refractivity contribution in [2.75, 3.05) is 19.0 Å². The molecule has 0 radical (unpaired) electrons. The van der Waals surface area contributed by atoms with Gasteiger partial charge in [-0.2, -0.15) is 5.10 Å². The number of rotatable bonds is 6. The molecule has 6 heteroatoms. The van der Waals surface area contributed by atoms with Crippen molar-refractivity contribution in [1.82, 2.24) is 14.8 Å². The van der Waals surface area contributed by atoms with Crippen LogP contribution in [0, 0.1) is 13.8 Å². The predicted octanol–water partition coefficient (Wildman–Crippen LogP) is 4.02. The van der Waals surface area contributed by atoms with Gasteiger partial charge in [0.25, 0.3) is 0 Å². The van der Waals surface area contributed by atoms with Crippen LogP contribution in [0.1, 0.15) is 31.2 Å². The first kappa shape index (κ1) is 16.7. The minimum absolute atomic E-state index is 0.527. The number of methoxy groups -OCH3 is 1. The van der Waals surface area contributed by atoms with Gasteiger partial charge in [0.05, 0.1) is 25.1 Å². The van der Waals surface area contributed by atoms with Crippen molar-refractivity contribution in [2.45, 2.75) is 39.7 Å². The molecule has 1 aliphatic carbocycles. The first-order valence-electron chi connectivity index (χ1n) is 9.05. The summed E-state index contributed by atoms with van der Waals surface area (Å²) in [4.78, 5) is 0. The van der Waals surface area contributed by atoms with Gasteiger partial charge in [-0.3, -0.25) is 0 Å². The molecule has 0 bridgehead atoms. The molecule has 1 aromatic carbocycles. The Labute approximate surface area is 153 Å². The van der Waals surface area contributed by atoms with Crippen molar-refractivity contribution in [1.29, 1.82) is 0 Å². The maximum Gasteiger partial charge on any atom is 0.158 e. The number of fused-ring (bicyclic) bond motifs is 1. The van der Waals surface area contributed by atoms with Crippen molar-refractivity contribution in [3.8, 4) is 17.2 Å². The second-order valence-corrected chi connectivity index (χ2v) is 6.69. The second-order valence-electron chi connectivity index (χ2n) is 6.69. The number of hydrogen-bond donors (Lipinski definition) is 1. The van der Waals surface area contributed by atoms with E-state index in [4.69, 9.17) is 9.47 Å². The number of nitrogens with zero attached hydrogens (tertiary/aromatic N) is 3. The van der Waals surface area contributed by atoms with Crippen molar-refractivity contribution in [3.63, 3.8) is 0 Å². The Bertz CT molecular complexity index is 960. The van der Waals surface area contributed by atoms with Gasteiger partial charge in [0, 0.05) is 34.8 Å². The van der Waals surface area contributed by atoms with E-state index in [1.165, 1.54) is 12.8 Å². The van der Waals surface area contributed by atoms with Gasteiger partial charge in [-0.15, -0.1) is 5.10 Å². The highest BCUT2D eigenvalue weighted by atomic mass is 16.5. The fraction of sp³-hybridized carbons (Fsp3) is 0.400. The molecule has 1 saturated carbocycles. The zero-order valence-electron chi connectivity index (χ0n) is 15.7. The van der Waals surface area contributed by atoms with Gasteiger partial charge in [0.2, 0.25) is 0 Å². The van der Waals surface area contributed by atoms with Gasteiger partial charge in [0.15, 0.2) is 5.82 Å². The van der Waals surface area contributed by atoms with Crippen molar-refractivity contribution in [2.24, 2.45) is 0 Å². The largest absolute Gasteiger partial charge is 0.494 e. The van der Waals surface area contributed by atoms with Crippen molar-refractivity contribution in [3.05, 3.63) is 35.8 Å². The number of aryl methyl sites for hydroxylation is 2. The Hall–Kier alpha value is -2.76. The molecular formula is C20H24N4O2. The molecule has 1 N–H and O–H groups in total. The first-order valence-corrected chi connectivity index (χ1v) is 9.05. The topological polar surface area (TPSA) is 61.2 Å². The average Bonchev–Trinajstić information content (AvgIpc) is 3.39. The Morgan fingerprint density at radius 1 is 1.23 bits per heavy atom. The lowest BCUT2D eigenvalue weighted by Gasteiger charge is -2.13. The summed E-state index contributed by atoms with van der Waals surface area (Å²) in [6, 6.07) is 6.45. The molecule has 6 nitrogen and oxygen atoms in total. The molecule has 2 heterocycles. The minimum Gasteiger partial charge on any atom is -0.494 e. The normalized spacial score (nSPS) is 13.8. The number of ether oxygens (including phenoxy) is 2. The standard InChI is InChI=1S/C20H24N4O2/c1-5-26-15-8-9-17(18(10-15)25-4)24-11-16-19(13(24)3)12(2)22-23-20(16)21-14-6-7-14/h8-11,14H,5-7H2,1-4H3,(H,21,23). The fourth-order valence-corrected chi connectivity index (χ4v) is 3.36. The molecule has 136 valence electrons. The van der Waals surface area contributed by atoms with Crippen LogP contribution in [0.2, 0.25) is 0 Å². The lowest BCUT2D eigenvalue weighted by molar-refractivity contribution is 0.336. The Morgan fingerprint density at radius 3 is 2.73 bits per heavy atom. The number of anilines is 1. The highest BCUT2D eigenvalue weighted by Crippen LogP contribution is 2.36. The number of hydrogen-bond acceptors (Lipinski definition) is 5. The maximum absolute atomic E-state index is 5.63. The molecule has 26 heavy (non-hydrogen) atoms. The van der Waals surface area contributed by atoms with Gasteiger partial charge in [-0.1, -0.05) is 0 Å². The maximum atomic E-state index is 5.63. The van der Waals surface area contributed by atoms with E-state index < -0.39 is 0 Å². The fourth-order valence-electron chi connectivity index (χ4n) is 3.36. The van der Waals surface area contributed by atoms with Crippen LogP contribution in [-0.4, -0.2) is 34.5 Å². The summed E-state index contributed by atoms with van der Waals surface area (Å²) >= 11 is 0. The van der Waals surface area contributed by atoms with Crippen LogP contribution in [0.4, 0.5) is 5.82 Å². The summed E-state index contributed by atoms with van der Waals surface area (Å²) in [6.45, 7) is 6.71. The Balaban J connectivity index is 1.86. The highest BCUT2D eigenvalue weighted by molar-refractivity contribution is 5.96. The molecule has 4 rings (SSSR count). The molecule has 2 aromatic heterocycles. The van der Waals surface area contributed by atoms with E-state index >= 15 is 0 Å². The van der Waals surface area contributed by atoms with E-state index in [2.05, 4.69) is 33.2 Å². The Morgan fingerprint density at radius 2 is 2.04 bits per heavy atom. The zero-order chi connectivity index (χ0) is 18.3. The molecular weight excluding hydrogens is 328 g/mol. The SMILES string of the molecule is CCOc1ccc(-n2cc3c(NC4CC4)nnc(C)c3c2C)c(OC)c1. The monoisotopic (exact) mass is 352 g/mol. The Kier molecular flexibility index (Phi) is 4.18. The van der Waals surface area contributed by atoms with E-state index in [9.17, 15) is 0 Å². The second kappa shape index (κ2) is 6.52. The van der Waals surface area contributed by atoms with E-state index in [0.717, 1.165) is 45.2 Å². The van der Waals surface area contributed by atoms with Gasteiger partial charge < -0.3 is 19.4 Å². The van der Waals surface area contributed by atoms with Gasteiger partial charge in [0.1, 0.15) is 11.5 Å². The third-order valence-corrected chi connectivity index (χ3v) is 4.81. The lowest BCUT2D eigenvalue weighted by Crippen LogP contribution is -2.05. The summed E-state index contributed by atoms with van der Waals surface area (Å²) in [5, 5.41) is 14.5. The van der Waals surface area contributed by atoms with Crippen LogP contribution in [0.15, 0.2) is 24.4 Å².